The highest BCUT2D eigenvalue weighted by Gasteiger charge is 2.38. The van der Waals surface area contributed by atoms with Crippen molar-refractivity contribution in [3.05, 3.63) is 35.9 Å². The van der Waals surface area contributed by atoms with E-state index in [2.05, 4.69) is 0 Å². The fourth-order valence-corrected chi connectivity index (χ4v) is 2.04. The van der Waals surface area contributed by atoms with E-state index in [1.807, 2.05) is 30.3 Å². The zero-order valence-electron chi connectivity index (χ0n) is 11.8. The molecule has 0 aromatic heterocycles. The van der Waals surface area contributed by atoms with Crippen LogP contribution in [0.5, 0.6) is 0 Å². The summed E-state index contributed by atoms with van der Waals surface area (Å²) in [4.78, 5) is 35.8. The summed E-state index contributed by atoms with van der Waals surface area (Å²) < 4.78 is 10.0. The Kier molecular flexibility index (Phi) is 4.92. The lowest BCUT2D eigenvalue weighted by atomic mass is 10.1. The minimum atomic E-state index is -0.739. The molecule has 21 heavy (non-hydrogen) atoms. The predicted molar refractivity (Wildman–Crippen MR) is 73.1 cm³/mol. The minimum absolute atomic E-state index is 0.0349. The Morgan fingerprint density at radius 1 is 1.33 bits per heavy atom. The van der Waals surface area contributed by atoms with Gasteiger partial charge in [-0.15, -0.1) is 0 Å². The molecule has 2 rings (SSSR count). The summed E-state index contributed by atoms with van der Waals surface area (Å²) in [6.45, 7) is 1.44. The summed E-state index contributed by atoms with van der Waals surface area (Å²) in [7, 11) is 0. The number of cyclic esters (lactones) is 1. The third-order valence-electron chi connectivity index (χ3n) is 3.20. The molecule has 1 aliphatic rings. The fraction of sp³-hybridized carbons (Fsp3) is 0.400. The average molecular weight is 291 g/mol. The summed E-state index contributed by atoms with van der Waals surface area (Å²) in [6.07, 6.45) is -0.130. The Balaban J connectivity index is 1.91. The molecule has 1 aromatic rings. The van der Waals surface area contributed by atoms with Crippen LogP contribution >= 0.6 is 0 Å². The second-order valence-electron chi connectivity index (χ2n) is 4.86. The van der Waals surface area contributed by atoms with Crippen molar-refractivity contribution >= 4 is 17.8 Å². The summed E-state index contributed by atoms with van der Waals surface area (Å²) in [5.74, 6) is -0.528. The summed E-state index contributed by atoms with van der Waals surface area (Å²) in [6, 6.07) is 8.51. The van der Waals surface area contributed by atoms with E-state index < -0.39 is 18.1 Å². The maximum atomic E-state index is 12.0. The molecule has 0 saturated carbocycles. The zero-order valence-corrected chi connectivity index (χ0v) is 11.8. The number of ketones is 1. The molecular formula is C15H17NO5. The molecular weight excluding hydrogens is 274 g/mol. The highest BCUT2D eigenvalue weighted by molar-refractivity contribution is 5.84. The number of rotatable bonds is 5. The molecule has 6 heteroatoms. The van der Waals surface area contributed by atoms with Crippen molar-refractivity contribution in [2.75, 3.05) is 6.73 Å². The molecule has 0 bridgehead atoms. The maximum Gasteiger partial charge on any atom is 0.413 e. The second-order valence-corrected chi connectivity index (χ2v) is 4.86. The smallest absolute Gasteiger partial charge is 0.413 e. The van der Waals surface area contributed by atoms with Crippen LogP contribution in [0.4, 0.5) is 4.79 Å². The molecule has 0 unspecified atom stereocenters. The molecule has 1 aromatic carbocycles. The molecule has 1 atom stereocenters. The Hall–Kier alpha value is -2.37. The lowest BCUT2D eigenvalue weighted by Gasteiger charge is -2.19. The van der Waals surface area contributed by atoms with Gasteiger partial charge in [-0.3, -0.25) is 4.90 Å². The van der Waals surface area contributed by atoms with Crippen molar-refractivity contribution in [3.63, 3.8) is 0 Å². The van der Waals surface area contributed by atoms with E-state index in [4.69, 9.17) is 9.47 Å². The lowest BCUT2D eigenvalue weighted by Crippen LogP contribution is -2.38. The standard InChI is InChI=1S/C15H17NO5/c1-11(17)7-8-13-14(18)21-10-16(13)15(19)20-9-12-5-3-2-4-6-12/h2-6,13H,7-10H2,1H3/t13-/m1/s1. The minimum Gasteiger partial charge on any atom is -0.444 e. The topological polar surface area (TPSA) is 72.9 Å². The summed E-state index contributed by atoms with van der Waals surface area (Å²) in [5.41, 5.74) is 0.859. The Bertz CT molecular complexity index is 528. The van der Waals surface area contributed by atoms with Gasteiger partial charge in [-0.05, 0) is 18.9 Å². The van der Waals surface area contributed by atoms with Gasteiger partial charge in [-0.25, -0.2) is 9.59 Å². The van der Waals surface area contributed by atoms with Crippen molar-refractivity contribution < 1.29 is 23.9 Å². The number of carbonyl (C=O) groups is 3. The molecule has 1 saturated heterocycles. The van der Waals surface area contributed by atoms with Crippen molar-refractivity contribution in [2.45, 2.75) is 32.4 Å². The van der Waals surface area contributed by atoms with Crippen molar-refractivity contribution in [2.24, 2.45) is 0 Å². The summed E-state index contributed by atoms with van der Waals surface area (Å²) in [5, 5.41) is 0. The van der Waals surface area contributed by atoms with Crippen LogP contribution in [0.3, 0.4) is 0 Å². The number of amides is 1. The largest absolute Gasteiger partial charge is 0.444 e. The van der Waals surface area contributed by atoms with Gasteiger partial charge in [0.25, 0.3) is 0 Å². The Morgan fingerprint density at radius 2 is 2.05 bits per heavy atom. The molecule has 6 nitrogen and oxygen atoms in total. The number of hydrogen-bond acceptors (Lipinski definition) is 5. The predicted octanol–water partition coefficient (Wildman–Crippen LogP) is 1.88. The molecule has 1 amide bonds. The van der Waals surface area contributed by atoms with Gasteiger partial charge in [0.2, 0.25) is 0 Å². The van der Waals surface area contributed by atoms with Crippen molar-refractivity contribution in [1.82, 2.24) is 4.90 Å². The van der Waals surface area contributed by atoms with Gasteiger partial charge in [0, 0.05) is 6.42 Å². The first-order valence-corrected chi connectivity index (χ1v) is 6.71. The maximum absolute atomic E-state index is 12.0. The molecule has 1 heterocycles. The first kappa shape index (κ1) is 15.0. The number of esters is 1. The van der Waals surface area contributed by atoms with E-state index in [9.17, 15) is 14.4 Å². The van der Waals surface area contributed by atoms with Crippen LogP contribution < -0.4 is 0 Å². The van der Waals surface area contributed by atoms with E-state index in [0.717, 1.165) is 5.56 Å². The van der Waals surface area contributed by atoms with Gasteiger partial charge < -0.3 is 14.3 Å². The van der Waals surface area contributed by atoms with Crippen LogP contribution in [0.1, 0.15) is 25.3 Å². The lowest BCUT2D eigenvalue weighted by molar-refractivity contribution is -0.139. The Morgan fingerprint density at radius 3 is 2.71 bits per heavy atom. The molecule has 1 fully saturated rings. The van der Waals surface area contributed by atoms with Crippen LogP contribution in [0.2, 0.25) is 0 Å². The number of Topliss-reactive ketones (excluding diaryl/α,β-unsaturated/α-hetero) is 1. The first-order chi connectivity index (χ1) is 10.1. The normalized spacial score (nSPS) is 17.5. The number of ether oxygens (including phenoxy) is 2. The van der Waals surface area contributed by atoms with Gasteiger partial charge in [0.05, 0.1) is 0 Å². The monoisotopic (exact) mass is 291 g/mol. The van der Waals surface area contributed by atoms with Crippen LogP contribution in [0, 0.1) is 0 Å². The van der Waals surface area contributed by atoms with Crippen LogP contribution in [0.25, 0.3) is 0 Å². The van der Waals surface area contributed by atoms with E-state index >= 15 is 0 Å². The van der Waals surface area contributed by atoms with Crippen molar-refractivity contribution in [1.29, 1.82) is 0 Å². The number of hydrogen-bond donors (Lipinski definition) is 0. The quantitative estimate of drug-likeness (QED) is 0.774. The van der Waals surface area contributed by atoms with Gasteiger partial charge in [0.15, 0.2) is 6.73 Å². The van der Waals surface area contributed by atoms with Gasteiger partial charge in [-0.2, -0.15) is 0 Å². The average Bonchev–Trinajstić information content (AvgIpc) is 2.85. The molecule has 1 aliphatic heterocycles. The van der Waals surface area contributed by atoms with Crippen LogP contribution in [-0.4, -0.2) is 35.5 Å². The number of carbonyl (C=O) groups excluding carboxylic acids is 3. The third kappa shape index (κ3) is 4.05. The molecule has 0 spiro atoms. The van der Waals surface area contributed by atoms with E-state index in [0.29, 0.717) is 0 Å². The molecule has 0 radical (unpaired) electrons. The van der Waals surface area contributed by atoms with E-state index in [-0.39, 0.29) is 32.0 Å². The first-order valence-electron chi connectivity index (χ1n) is 6.71. The SMILES string of the molecule is CC(=O)CC[C@@H]1C(=O)OCN1C(=O)OCc1ccccc1. The van der Waals surface area contributed by atoms with Gasteiger partial charge in [0.1, 0.15) is 18.4 Å². The number of nitrogens with zero attached hydrogens (tertiary/aromatic N) is 1. The molecule has 0 aliphatic carbocycles. The summed E-state index contributed by atoms with van der Waals surface area (Å²) >= 11 is 0. The van der Waals surface area contributed by atoms with Crippen LogP contribution in [0.15, 0.2) is 30.3 Å². The fourth-order valence-electron chi connectivity index (χ4n) is 2.04. The Labute approximate surface area is 122 Å². The molecule has 0 N–H and O–H groups in total. The van der Waals surface area contributed by atoms with Gasteiger partial charge >= 0.3 is 12.1 Å². The third-order valence-corrected chi connectivity index (χ3v) is 3.20. The highest BCUT2D eigenvalue weighted by Crippen LogP contribution is 2.18. The van der Waals surface area contributed by atoms with E-state index in [1.54, 1.807) is 0 Å². The molecule has 112 valence electrons. The highest BCUT2D eigenvalue weighted by atomic mass is 16.6. The zero-order chi connectivity index (χ0) is 15.2. The van der Waals surface area contributed by atoms with Crippen LogP contribution in [-0.2, 0) is 25.7 Å². The number of benzene rings is 1. The second kappa shape index (κ2) is 6.88. The van der Waals surface area contributed by atoms with Gasteiger partial charge in [-0.1, -0.05) is 30.3 Å². The van der Waals surface area contributed by atoms with Crippen molar-refractivity contribution in [3.8, 4) is 0 Å². The van der Waals surface area contributed by atoms with E-state index in [1.165, 1.54) is 11.8 Å².